The van der Waals surface area contributed by atoms with Gasteiger partial charge in [-0.2, -0.15) is 0 Å². The lowest BCUT2D eigenvalue weighted by Crippen LogP contribution is -2.26. The van der Waals surface area contributed by atoms with E-state index < -0.39 is 0 Å². The molecule has 7 heteroatoms. The van der Waals surface area contributed by atoms with Gasteiger partial charge in [0.2, 0.25) is 0 Å². The number of carbonyl (C=O) groups excluding carboxylic acids is 1. The lowest BCUT2D eigenvalue weighted by atomic mass is 10.2. The molecule has 4 rings (SSSR count). The van der Waals surface area contributed by atoms with Gasteiger partial charge in [0.25, 0.3) is 5.91 Å². The minimum absolute atomic E-state index is 0.141. The molecular weight excluding hydrogens is 418 g/mol. The second kappa shape index (κ2) is 10.5. The Hall–Kier alpha value is -4.00. The number of hydrogen-bond acceptors (Lipinski definition) is 5. The molecule has 0 aliphatic rings. The standard InChI is InChI=1S/C26H27N3O4/c1-31-20-8-5-7-19(17-20)26(30)27-14-13-25-28-23-11-3-4-12-24(23)29(25)15-16-33-22-10-6-9-21(18-22)32-2/h3-12,17-18H,13-16H2,1-2H3,(H,27,30). The number of benzene rings is 3. The zero-order valence-electron chi connectivity index (χ0n) is 18.8. The van der Waals surface area contributed by atoms with Gasteiger partial charge in [0.15, 0.2) is 0 Å². The molecule has 0 spiro atoms. The molecule has 0 saturated carbocycles. The summed E-state index contributed by atoms with van der Waals surface area (Å²) in [5.41, 5.74) is 2.53. The van der Waals surface area contributed by atoms with Crippen molar-refractivity contribution in [1.29, 1.82) is 0 Å². The summed E-state index contributed by atoms with van der Waals surface area (Å²) in [5, 5.41) is 2.97. The third-order valence-corrected chi connectivity index (χ3v) is 5.32. The summed E-state index contributed by atoms with van der Waals surface area (Å²) in [5.74, 6) is 2.92. The molecule has 0 fully saturated rings. The molecule has 0 aliphatic heterocycles. The summed E-state index contributed by atoms with van der Waals surface area (Å²) < 4.78 is 18.5. The fourth-order valence-corrected chi connectivity index (χ4v) is 3.67. The van der Waals surface area contributed by atoms with Crippen molar-refractivity contribution in [2.45, 2.75) is 13.0 Å². The first kappa shape index (κ1) is 22.2. The average Bonchev–Trinajstić information content (AvgIpc) is 3.21. The first-order valence-corrected chi connectivity index (χ1v) is 10.8. The van der Waals surface area contributed by atoms with Gasteiger partial charge in [-0.3, -0.25) is 4.79 Å². The van der Waals surface area contributed by atoms with E-state index in [-0.39, 0.29) is 5.91 Å². The van der Waals surface area contributed by atoms with Gasteiger partial charge < -0.3 is 24.1 Å². The second-order valence-corrected chi connectivity index (χ2v) is 7.43. The van der Waals surface area contributed by atoms with Crippen LogP contribution >= 0.6 is 0 Å². The number of hydrogen-bond donors (Lipinski definition) is 1. The van der Waals surface area contributed by atoms with Gasteiger partial charge in [-0.25, -0.2) is 4.98 Å². The van der Waals surface area contributed by atoms with E-state index >= 15 is 0 Å². The second-order valence-electron chi connectivity index (χ2n) is 7.43. The van der Waals surface area contributed by atoms with E-state index in [4.69, 9.17) is 19.2 Å². The van der Waals surface area contributed by atoms with E-state index in [1.165, 1.54) is 0 Å². The van der Waals surface area contributed by atoms with Gasteiger partial charge in [-0.15, -0.1) is 0 Å². The van der Waals surface area contributed by atoms with E-state index in [0.717, 1.165) is 28.4 Å². The van der Waals surface area contributed by atoms with E-state index in [1.807, 2.05) is 54.6 Å². The van der Waals surface area contributed by atoms with Crippen LogP contribution in [-0.4, -0.2) is 42.8 Å². The Morgan fingerprint density at radius 2 is 1.64 bits per heavy atom. The van der Waals surface area contributed by atoms with Gasteiger partial charge in [0.05, 0.1) is 31.8 Å². The Morgan fingerprint density at radius 1 is 0.909 bits per heavy atom. The predicted octanol–water partition coefficient (Wildman–Crippen LogP) is 4.11. The molecule has 7 nitrogen and oxygen atoms in total. The zero-order valence-corrected chi connectivity index (χ0v) is 18.8. The lowest BCUT2D eigenvalue weighted by Gasteiger charge is -2.12. The van der Waals surface area contributed by atoms with Crippen LogP contribution in [0.3, 0.4) is 0 Å². The summed E-state index contributed by atoms with van der Waals surface area (Å²) in [4.78, 5) is 17.3. The van der Waals surface area contributed by atoms with Crippen molar-refractivity contribution in [3.63, 3.8) is 0 Å². The van der Waals surface area contributed by atoms with Gasteiger partial charge in [-0.05, 0) is 42.5 Å². The fraction of sp³-hybridized carbons (Fsp3) is 0.231. The molecule has 1 N–H and O–H groups in total. The molecule has 0 atom stereocenters. The molecule has 170 valence electrons. The van der Waals surface area contributed by atoms with Crippen LogP contribution in [0.1, 0.15) is 16.2 Å². The highest BCUT2D eigenvalue weighted by atomic mass is 16.5. The first-order chi connectivity index (χ1) is 16.2. The molecule has 0 aliphatic carbocycles. The van der Waals surface area contributed by atoms with Crippen LogP contribution in [0.25, 0.3) is 11.0 Å². The topological polar surface area (TPSA) is 74.6 Å². The molecule has 0 saturated heterocycles. The number of para-hydroxylation sites is 2. The molecule has 4 aromatic rings. The van der Waals surface area contributed by atoms with Crippen LogP contribution in [-0.2, 0) is 13.0 Å². The SMILES string of the molecule is COc1cccc(OCCn2c(CCNC(=O)c3cccc(OC)c3)nc3ccccc32)c1. The maximum absolute atomic E-state index is 12.5. The predicted molar refractivity (Wildman–Crippen MR) is 127 cm³/mol. The highest BCUT2D eigenvalue weighted by Gasteiger charge is 2.12. The number of ether oxygens (including phenoxy) is 3. The summed E-state index contributed by atoms with van der Waals surface area (Å²) in [6, 6.07) is 22.7. The van der Waals surface area contributed by atoms with Gasteiger partial charge >= 0.3 is 0 Å². The molecule has 3 aromatic carbocycles. The highest BCUT2D eigenvalue weighted by Crippen LogP contribution is 2.20. The number of amides is 1. The molecular formula is C26H27N3O4. The summed E-state index contributed by atoms with van der Waals surface area (Å²) in [7, 11) is 3.22. The number of rotatable bonds is 10. The molecule has 0 bridgehead atoms. The molecule has 0 radical (unpaired) electrons. The normalized spacial score (nSPS) is 10.7. The summed E-state index contributed by atoms with van der Waals surface area (Å²) in [6.07, 6.45) is 0.601. The highest BCUT2D eigenvalue weighted by molar-refractivity contribution is 5.94. The molecule has 0 unspecified atom stereocenters. The van der Waals surface area contributed by atoms with Crippen LogP contribution in [0.15, 0.2) is 72.8 Å². The van der Waals surface area contributed by atoms with Crippen LogP contribution in [0, 0.1) is 0 Å². The third kappa shape index (κ3) is 5.44. The van der Waals surface area contributed by atoms with E-state index in [1.54, 1.807) is 32.4 Å². The van der Waals surface area contributed by atoms with Crippen molar-refractivity contribution < 1.29 is 19.0 Å². The Bertz CT molecular complexity index is 1240. The maximum atomic E-state index is 12.5. The number of aromatic nitrogens is 2. The van der Waals surface area contributed by atoms with E-state index in [0.29, 0.717) is 37.4 Å². The Labute approximate surface area is 192 Å². The van der Waals surface area contributed by atoms with E-state index in [2.05, 4.69) is 9.88 Å². The minimum Gasteiger partial charge on any atom is -0.497 e. The minimum atomic E-state index is -0.141. The van der Waals surface area contributed by atoms with Crippen molar-refractivity contribution in [1.82, 2.24) is 14.9 Å². The van der Waals surface area contributed by atoms with Crippen LogP contribution < -0.4 is 19.5 Å². The number of nitrogens with one attached hydrogen (secondary N) is 1. The van der Waals surface area contributed by atoms with Crippen LogP contribution in [0.4, 0.5) is 0 Å². The third-order valence-electron chi connectivity index (χ3n) is 5.32. The molecule has 1 aromatic heterocycles. The maximum Gasteiger partial charge on any atom is 0.251 e. The quantitative estimate of drug-likeness (QED) is 0.398. The average molecular weight is 446 g/mol. The lowest BCUT2D eigenvalue weighted by molar-refractivity contribution is 0.0953. The number of carbonyl (C=O) groups is 1. The van der Waals surface area contributed by atoms with Crippen molar-refractivity contribution >= 4 is 16.9 Å². The van der Waals surface area contributed by atoms with Gasteiger partial charge in [-0.1, -0.05) is 24.3 Å². The largest absolute Gasteiger partial charge is 0.497 e. The van der Waals surface area contributed by atoms with Gasteiger partial charge in [0, 0.05) is 24.6 Å². The number of fused-ring (bicyclic) bond motifs is 1. The van der Waals surface area contributed by atoms with Crippen molar-refractivity contribution in [2.75, 3.05) is 27.4 Å². The number of methoxy groups -OCH3 is 2. The summed E-state index contributed by atoms with van der Waals surface area (Å²) in [6.45, 7) is 1.59. The zero-order chi connectivity index (χ0) is 23.0. The molecule has 1 heterocycles. The molecule has 33 heavy (non-hydrogen) atoms. The number of imidazole rings is 1. The fourth-order valence-electron chi connectivity index (χ4n) is 3.67. The number of nitrogens with zero attached hydrogens (tertiary/aromatic N) is 2. The van der Waals surface area contributed by atoms with Crippen molar-refractivity contribution in [3.05, 3.63) is 84.2 Å². The Balaban J connectivity index is 1.41. The van der Waals surface area contributed by atoms with Crippen molar-refractivity contribution in [3.8, 4) is 17.2 Å². The Kier molecular flexibility index (Phi) is 7.09. The van der Waals surface area contributed by atoms with Crippen LogP contribution in [0.2, 0.25) is 0 Å². The van der Waals surface area contributed by atoms with E-state index in [9.17, 15) is 4.79 Å². The van der Waals surface area contributed by atoms with Crippen LogP contribution in [0.5, 0.6) is 17.2 Å². The smallest absolute Gasteiger partial charge is 0.251 e. The van der Waals surface area contributed by atoms with Gasteiger partial charge in [0.1, 0.15) is 29.7 Å². The first-order valence-electron chi connectivity index (χ1n) is 10.8. The Morgan fingerprint density at radius 3 is 2.45 bits per heavy atom. The summed E-state index contributed by atoms with van der Waals surface area (Å²) >= 11 is 0. The van der Waals surface area contributed by atoms with Crippen molar-refractivity contribution in [2.24, 2.45) is 0 Å². The molecule has 1 amide bonds. The monoisotopic (exact) mass is 445 g/mol.